The molecule has 1 saturated carbocycles. The van der Waals surface area contributed by atoms with Gasteiger partial charge in [-0.1, -0.05) is 29.8 Å². The number of halogens is 2. The molecule has 236 valence electrons. The Kier molecular flexibility index (Phi) is 10.2. The summed E-state index contributed by atoms with van der Waals surface area (Å²) in [5.74, 6) is -1.54. The van der Waals surface area contributed by atoms with Crippen molar-refractivity contribution in [2.45, 2.75) is 63.1 Å². The van der Waals surface area contributed by atoms with E-state index in [0.717, 1.165) is 55.5 Å². The van der Waals surface area contributed by atoms with Gasteiger partial charge in [-0.25, -0.2) is 4.39 Å². The Morgan fingerprint density at radius 2 is 1.70 bits per heavy atom. The Balaban J connectivity index is 1.24. The molecule has 3 aromatic rings. The maximum atomic E-state index is 15.4. The number of esters is 1. The van der Waals surface area contributed by atoms with Crippen LogP contribution in [0.25, 0.3) is 10.9 Å². The third-order valence-electron chi connectivity index (χ3n) is 8.87. The van der Waals surface area contributed by atoms with Crippen LogP contribution in [0.15, 0.2) is 42.6 Å². The van der Waals surface area contributed by atoms with Crippen molar-refractivity contribution in [3.05, 3.63) is 64.6 Å². The molecule has 9 nitrogen and oxygen atoms in total. The SMILES string of the molecule is COCC1CC[C@@H](CO[C@H]2CC[C@H](C(=O)OC)CC2)N1C(=O)Cc1cc(Cl)c(NC(=O)c2cn(C)c3ccccc23)cc1F. The highest BCUT2D eigenvalue weighted by Gasteiger charge is 2.38. The lowest BCUT2D eigenvalue weighted by molar-refractivity contribution is -0.148. The molecule has 2 amide bonds. The molecule has 2 aliphatic rings. The summed E-state index contributed by atoms with van der Waals surface area (Å²) in [6.45, 7) is 0.733. The van der Waals surface area contributed by atoms with Gasteiger partial charge >= 0.3 is 5.97 Å². The average Bonchev–Trinajstić information content (AvgIpc) is 3.59. The number of anilines is 1. The van der Waals surface area contributed by atoms with E-state index in [0.29, 0.717) is 18.8 Å². The lowest BCUT2D eigenvalue weighted by Crippen LogP contribution is -2.46. The van der Waals surface area contributed by atoms with Gasteiger partial charge in [0.15, 0.2) is 0 Å². The summed E-state index contributed by atoms with van der Waals surface area (Å²) in [5, 5.41) is 3.63. The molecule has 5 rings (SSSR count). The van der Waals surface area contributed by atoms with E-state index in [2.05, 4.69) is 5.32 Å². The summed E-state index contributed by atoms with van der Waals surface area (Å²) in [5.41, 5.74) is 1.62. The van der Waals surface area contributed by atoms with E-state index in [9.17, 15) is 14.4 Å². The smallest absolute Gasteiger partial charge is 0.308 e. The Bertz CT molecular complexity index is 1520. The molecule has 1 aliphatic carbocycles. The Hall–Kier alpha value is -3.47. The molecular weight excluding hydrogens is 589 g/mol. The number of benzene rings is 2. The lowest BCUT2D eigenvalue weighted by atomic mass is 9.87. The maximum absolute atomic E-state index is 15.4. The summed E-state index contributed by atoms with van der Waals surface area (Å²) in [6.07, 6.45) is 6.00. The van der Waals surface area contributed by atoms with E-state index in [1.807, 2.05) is 35.9 Å². The fraction of sp³-hybridized carbons (Fsp3) is 0.485. The van der Waals surface area contributed by atoms with E-state index in [1.54, 1.807) is 18.2 Å². The van der Waals surface area contributed by atoms with Crippen molar-refractivity contribution in [2.24, 2.45) is 13.0 Å². The second kappa shape index (κ2) is 14.1. The van der Waals surface area contributed by atoms with Gasteiger partial charge in [0.05, 0.1) is 67.1 Å². The minimum atomic E-state index is -0.631. The Morgan fingerprint density at radius 1 is 1.00 bits per heavy atom. The molecule has 1 saturated heterocycles. The molecule has 1 unspecified atom stereocenters. The van der Waals surface area contributed by atoms with Crippen LogP contribution in [0.3, 0.4) is 0 Å². The first-order valence-electron chi connectivity index (χ1n) is 15.0. The molecule has 1 aliphatic heterocycles. The average molecular weight is 628 g/mol. The van der Waals surface area contributed by atoms with Gasteiger partial charge in [-0.05, 0) is 62.3 Å². The van der Waals surface area contributed by atoms with Crippen molar-refractivity contribution < 1.29 is 33.0 Å². The van der Waals surface area contributed by atoms with Gasteiger partial charge in [0.1, 0.15) is 5.82 Å². The number of carbonyl (C=O) groups is 3. The number of hydrogen-bond donors (Lipinski definition) is 1. The number of amides is 2. The number of aryl methyl sites for hydroxylation is 1. The van der Waals surface area contributed by atoms with Crippen LogP contribution in [0.4, 0.5) is 10.1 Å². The zero-order chi connectivity index (χ0) is 31.4. The predicted octanol–water partition coefficient (Wildman–Crippen LogP) is 5.52. The standard InChI is InChI=1S/C33H39ClFN3O6/c1-37-17-26(25-6-4-5-7-30(25)37)32(40)36-29-16-28(35)21(14-27(29)34)15-31(39)38-22(18-42-2)10-11-23(38)19-44-24-12-8-20(9-13-24)33(41)43-3/h4-7,14,16-17,20,22-24H,8-13,15,18-19H2,1-3H3,(H,36,40)/t20-,22?,23-,24-/m0/s1. The van der Waals surface area contributed by atoms with Crippen LogP contribution in [-0.2, 0) is 37.3 Å². The van der Waals surface area contributed by atoms with Crippen molar-refractivity contribution >= 4 is 46.0 Å². The molecule has 1 N–H and O–H groups in total. The molecule has 0 radical (unpaired) electrons. The van der Waals surface area contributed by atoms with Gasteiger partial charge in [-0.15, -0.1) is 0 Å². The molecule has 0 bridgehead atoms. The summed E-state index contributed by atoms with van der Waals surface area (Å²) in [4.78, 5) is 40.3. The molecule has 0 spiro atoms. The third kappa shape index (κ3) is 6.92. The number of ether oxygens (including phenoxy) is 3. The molecule has 2 aromatic carbocycles. The zero-order valence-electron chi connectivity index (χ0n) is 25.3. The number of hydrogen-bond acceptors (Lipinski definition) is 6. The summed E-state index contributed by atoms with van der Waals surface area (Å²) >= 11 is 6.50. The monoisotopic (exact) mass is 627 g/mol. The quantitative estimate of drug-likeness (QED) is 0.297. The van der Waals surface area contributed by atoms with E-state index in [1.165, 1.54) is 13.2 Å². The molecular formula is C33H39ClFN3O6. The van der Waals surface area contributed by atoms with Crippen molar-refractivity contribution in [3.63, 3.8) is 0 Å². The second-order valence-electron chi connectivity index (χ2n) is 11.7. The van der Waals surface area contributed by atoms with Crippen molar-refractivity contribution in [2.75, 3.05) is 32.8 Å². The van der Waals surface area contributed by atoms with Gasteiger partial charge in [-0.2, -0.15) is 0 Å². The van der Waals surface area contributed by atoms with Gasteiger partial charge in [0.25, 0.3) is 5.91 Å². The van der Waals surface area contributed by atoms with E-state index in [4.69, 9.17) is 25.8 Å². The van der Waals surface area contributed by atoms with Crippen LogP contribution in [0.2, 0.25) is 5.02 Å². The Morgan fingerprint density at radius 3 is 2.41 bits per heavy atom. The number of carbonyl (C=O) groups excluding carboxylic acids is 3. The van der Waals surface area contributed by atoms with Crippen molar-refractivity contribution in [3.8, 4) is 0 Å². The van der Waals surface area contributed by atoms with Gasteiger partial charge in [0.2, 0.25) is 5.91 Å². The number of rotatable bonds is 10. The maximum Gasteiger partial charge on any atom is 0.308 e. The van der Waals surface area contributed by atoms with Crippen molar-refractivity contribution in [1.82, 2.24) is 9.47 Å². The van der Waals surface area contributed by atoms with Gasteiger partial charge in [-0.3, -0.25) is 14.4 Å². The molecule has 44 heavy (non-hydrogen) atoms. The van der Waals surface area contributed by atoms with E-state index < -0.39 is 11.7 Å². The van der Waals surface area contributed by atoms with Gasteiger partial charge < -0.3 is 29.0 Å². The first-order valence-corrected chi connectivity index (χ1v) is 15.4. The zero-order valence-corrected chi connectivity index (χ0v) is 26.1. The number of fused-ring (bicyclic) bond motifs is 1. The second-order valence-corrected chi connectivity index (χ2v) is 12.1. The van der Waals surface area contributed by atoms with Gasteiger partial charge in [0, 0.05) is 31.3 Å². The number of aromatic nitrogens is 1. The van der Waals surface area contributed by atoms with Crippen LogP contribution in [0.1, 0.15) is 54.4 Å². The largest absolute Gasteiger partial charge is 0.469 e. The summed E-state index contributed by atoms with van der Waals surface area (Å²) in [6, 6.07) is 9.76. The molecule has 1 aromatic heterocycles. The highest BCUT2D eigenvalue weighted by Crippen LogP contribution is 2.32. The van der Waals surface area contributed by atoms with Crippen LogP contribution in [0, 0.1) is 11.7 Å². The minimum Gasteiger partial charge on any atom is -0.469 e. The van der Waals surface area contributed by atoms with Crippen LogP contribution in [0.5, 0.6) is 0 Å². The number of methoxy groups -OCH3 is 2. The van der Waals surface area contributed by atoms with Crippen molar-refractivity contribution in [1.29, 1.82) is 0 Å². The normalized spacial score (nSPS) is 21.9. The highest BCUT2D eigenvalue weighted by molar-refractivity contribution is 6.34. The molecule has 2 heterocycles. The highest BCUT2D eigenvalue weighted by atomic mass is 35.5. The number of nitrogens with zero attached hydrogens (tertiary/aromatic N) is 2. The first-order chi connectivity index (χ1) is 21.2. The molecule has 2 atom stereocenters. The lowest BCUT2D eigenvalue weighted by Gasteiger charge is -2.33. The predicted molar refractivity (Wildman–Crippen MR) is 165 cm³/mol. The summed E-state index contributed by atoms with van der Waals surface area (Å²) < 4.78 is 33.7. The van der Waals surface area contributed by atoms with E-state index >= 15 is 4.39 Å². The number of para-hydroxylation sites is 1. The van der Waals surface area contributed by atoms with Crippen LogP contribution < -0.4 is 5.32 Å². The molecule has 11 heteroatoms. The topological polar surface area (TPSA) is 99.1 Å². The third-order valence-corrected chi connectivity index (χ3v) is 9.18. The fourth-order valence-corrected chi connectivity index (χ4v) is 6.79. The Labute approximate surface area is 261 Å². The number of likely N-dealkylation sites (tertiary alicyclic amines) is 1. The van der Waals surface area contributed by atoms with Crippen LogP contribution in [-0.4, -0.2) is 72.9 Å². The van der Waals surface area contributed by atoms with E-state index in [-0.39, 0.29) is 58.7 Å². The number of nitrogens with one attached hydrogen (secondary N) is 1. The minimum absolute atomic E-state index is 0.0159. The van der Waals surface area contributed by atoms with Crippen LogP contribution >= 0.6 is 11.6 Å². The summed E-state index contributed by atoms with van der Waals surface area (Å²) in [7, 11) is 4.85. The first kappa shape index (κ1) is 31.9. The molecule has 2 fully saturated rings. The fourth-order valence-electron chi connectivity index (χ4n) is 6.55.